The lowest BCUT2D eigenvalue weighted by atomic mass is 10.1. The smallest absolute Gasteiger partial charge is 0.228 e. The zero-order valence-electron chi connectivity index (χ0n) is 15.6. The van der Waals surface area contributed by atoms with E-state index in [2.05, 4.69) is 16.1 Å². The van der Waals surface area contributed by atoms with Gasteiger partial charge in [-0.05, 0) is 31.2 Å². The second-order valence-electron chi connectivity index (χ2n) is 6.85. The fourth-order valence-electron chi connectivity index (χ4n) is 3.57. The minimum Gasteiger partial charge on any atom is -0.495 e. The number of benzene rings is 2. The number of piperazine rings is 1. The number of methoxy groups -OCH3 is 1. The Morgan fingerprint density at radius 1 is 1.15 bits per heavy atom. The van der Waals surface area contributed by atoms with E-state index < -0.39 is 0 Å². The number of rotatable bonds is 4. The van der Waals surface area contributed by atoms with Crippen LogP contribution in [0.2, 0.25) is 0 Å². The van der Waals surface area contributed by atoms with Crippen molar-refractivity contribution in [2.45, 2.75) is 13.3 Å². The number of hydrogen-bond acceptors (Lipinski definition) is 5. The van der Waals surface area contributed by atoms with Gasteiger partial charge in [0.05, 0.1) is 19.2 Å². The molecule has 2 heterocycles. The summed E-state index contributed by atoms with van der Waals surface area (Å²) >= 11 is 0. The number of carbonyl (C=O) groups is 1. The molecule has 1 fully saturated rings. The average Bonchev–Trinajstić information content (AvgIpc) is 3.10. The summed E-state index contributed by atoms with van der Waals surface area (Å²) in [6, 6.07) is 13.9. The third kappa shape index (κ3) is 3.47. The lowest BCUT2D eigenvalue weighted by Gasteiger charge is -2.36. The van der Waals surface area contributed by atoms with E-state index in [-0.39, 0.29) is 12.3 Å². The summed E-state index contributed by atoms with van der Waals surface area (Å²) < 4.78 is 10.8. The van der Waals surface area contributed by atoms with Gasteiger partial charge in [-0.25, -0.2) is 0 Å². The largest absolute Gasteiger partial charge is 0.495 e. The van der Waals surface area contributed by atoms with Crippen molar-refractivity contribution in [3.8, 4) is 5.75 Å². The van der Waals surface area contributed by atoms with E-state index in [1.165, 1.54) is 0 Å². The van der Waals surface area contributed by atoms with Gasteiger partial charge < -0.3 is 19.1 Å². The Balaban J connectivity index is 1.42. The van der Waals surface area contributed by atoms with Gasteiger partial charge in [0.15, 0.2) is 5.58 Å². The number of amides is 1. The molecule has 0 aliphatic carbocycles. The number of nitrogens with zero attached hydrogens (tertiary/aromatic N) is 3. The molecule has 0 unspecified atom stereocenters. The van der Waals surface area contributed by atoms with Gasteiger partial charge in [-0.3, -0.25) is 4.79 Å². The summed E-state index contributed by atoms with van der Waals surface area (Å²) in [6.45, 7) is 4.96. The van der Waals surface area contributed by atoms with Crippen LogP contribution in [0, 0.1) is 6.92 Å². The number of ether oxygens (including phenoxy) is 1. The third-order valence-electron chi connectivity index (χ3n) is 5.08. The number of aryl methyl sites for hydroxylation is 1. The van der Waals surface area contributed by atoms with Crippen molar-refractivity contribution < 1.29 is 14.1 Å². The van der Waals surface area contributed by atoms with Crippen LogP contribution in [0.4, 0.5) is 5.69 Å². The lowest BCUT2D eigenvalue weighted by molar-refractivity contribution is -0.130. The first kappa shape index (κ1) is 17.4. The Hall–Kier alpha value is -3.02. The first-order valence-electron chi connectivity index (χ1n) is 9.16. The van der Waals surface area contributed by atoms with Crippen LogP contribution in [0.15, 0.2) is 47.0 Å². The van der Waals surface area contributed by atoms with Gasteiger partial charge in [-0.1, -0.05) is 28.9 Å². The van der Waals surface area contributed by atoms with Crippen molar-refractivity contribution in [2.24, 2.45) is 0 Å². The molecule has 3 aromatic rings. The van der Waals surface area contributed by atoms with Gasteiger partial charge in [0.2, 0.25) is 5.91 Å². The fourth-order valence-corrected chi connectivity index (χ4v) is 3.57. The molecule has 0 N–H and O–H groups in total. The number of carbonyl (C=O) groups excluding carboxylic acids is 1. The highest BCUT2D eigenvalue weighted by atomic mass is 16.5. The molecule has 1 aromatic heterocycles. The van der Waals surface area contributed by atoms with Crippen LogP contribution < -0.4 is 9.64 Å². The Labute approximate surface area is 158 Å². The van der Waals surface area contributed by atoms with Gasteiger partial charge in [0, 0.05) is 31.6 Å². The number of hydrogen-bond donors (Lipinski definition) is 0. The summed E-state index contributed by atoms with van der Waals surface area (Å²) in [7, 11) is 1.68. The number of para-hydroxylation sites is 2. The molecule has 1 amide bonds. The predicted octanol–water partition coefficient (Wildman–Crippen LogP) is 3.04. The van der Waals surface area contributed by atoms with Crippen LogP contribution in [0.5, 0.6) is 5.75 Å². The third-order valence-corrected chi connectivity index (χ3v) is 5.08. The molecule has 27 heavy (non-hydrogen) atoms. The molecule has 6 nitrogen and oxygen atoms in total. The molecule has 0 atom stereocenters. The first-order valence-corrected chi connectivity index (χ1v) is 9.16. The molecule has 0 saturated carbocycles. The summed E-state index contributed by atoms with van der Waals surface area (Å²) in [5, 5.41) is 5.03. The molecule has 2 aromatic carbocycles. The Morgan fingerprint density at radius 3 is 2.70 bits per heavy atom. The molecular formula is C21H23N3O3. The van der Waals surface area contributed by atoms with Gasteiger partial charge in [-0.2, -0.15) is 0 Å². The van der Waals surface area contributed by atoms with E-state index in [0.717, 1.165) is 41.1 Å². The maximum absolute atomic E-state index is 12.8. The lowest BCUT2D eigenvalue weighted by Crippen LogP contribution is -2.49. The summed E-state index contributed by atoms with van der Waals surface area (Å²) in [5.41, 5.74) is 3.64. The van der Waals surface area contributed by atoms with Crippen LogP contribution in [0.1, 0.15) is 11.3 Å². The highest BCUT2D eigenvalue weighted by Crippen LogP contribution is 2.28. The molecular weight excluding hydrogens is 342 g/mol. The Kier molecular flexibility index (Phi) is 4.71. The molecule has 6 heteroatoms. The van der Waals surface area contributed by atoms with Crippen LogP contribution in [0.25, 0.3) is 11.0 Å². The van der Waals surface area contributed by atoms with Crippen molar-refractivity contribution in [3.63, 3.8) is 0 Å². The van der Waals surface area contributed by atoms with Gasteiger partial charge in [0.25, 0.3) is 0 Å². The SMILES string of the molecule is COc1ccccc1N1CCN(C(=O)Cc2noc3ccc(C)cc23)CC1. The molecule has 1 saturated heterocycles. The second-order valence-corrected chi connectivity index (χ2v) is 6.85. The number of fused-ring (bicyclic) bond motifs is 1. The van der Waals surface area contributed by atoms with Crippen molar-refractivity contribution >= 4 is 22.6 Å². The highest BCUT2D eigenvalue weighted by molar-refractivity contribution is 5.86. The van der Waals surface area contributed by atoms with Gasteiger partial charge in [-0.15, -0.1) is 0 Å². The predicted molar refractivity (Wildman–Crippen MR) is 104 cm³/mol. The maximum Gasteiger partial charge on any atom is 0.228 e. The molecule has 0 radical (unpaired) electrons. The number of aromatic nitrogens is 1. The van der Waals surface area contributed by atoms with E-state index >= 15 is 0 Å². The van der Waals surface area contributed by atoms with Gasteiger partial charge >= 0.3 is 0 Å². The standard InChI is InChI=1S/C21H23N3O3/c1-15-7-8-19-16(13-15)17(22-27-19)14-21(25)24-11-9-23(10-12-24)18-5-3-4-6-20(18)26-2/h3-8,13H,9-12,14H2,1-2H3. The van der Waals surface area contributed by atoms with Crippen molar-refractivity contribution in [1.82, 2.24) is 10.1 Å². The zero-order valence-corrected chi connectivity index (χ0v) is 15.6. The monoisotopic (exact) mass is 365 g/mol. The topological polar surface area (TPSA) is 58.8 Å². The van der Waals surface area contributed by atoms with Crippen molar-refractivity contribution in [3.05, 3.63) is 53.7 Å². The molecule has 4 rings (SSSR count). The van der Waals surface area contributed by atoms with Gasteiger partial charge in [0.1, 0.15) is 11.4 Å². The minimum absolute atomic E-state index is 0.0892. The van der Waals surface area contributed by atoms with E-state index in [1.807, 2.05) is 48.2 Å². The van der Waals surface area contributed by atoms with Crippen molar-refractivity contribution in [2.75, 3.05) is 38.2 Å². The quantitative estimate of drug-likeness (QED) is 0.711. The van der Waals surface area contributed by atoms with E-state index in [1.54, 1.807) is 7.11 Å². The first-order chi connectivity index (χ1) is 13.2. The van der Waals surface area contributed by atoms with Crippen LogP contribution in [-0.4, -0.2) is 49.3 Å². The normalized spacial score (nSPS) is 14.6. The molecule has 140 valence electrons. The number of anilines is 1. The Morgan fingerprint density at radius 2 is 1.93 bits per heavy atom. The summed E-state index contributed by atoms with van der Waals surface area (Å²) in [5.74, 6) is 0.952. The highest BCUT2D eigenvalue weighted by Gasteiger charge is 2.24. The van der Waals surface area contributed by atoms with Crippen molar-refractivity contribution in [1.29, 1.82) is 0 Å². The van der Waals surface area contributed by atoms with Crippen LogP contribution in [0.3, 0.4) is 0 Å². The summed E-state index contributed by atoms with van der Waals surface area (Å²) in [4.78, 5) is 16.9. The molecule has 1 aliphatic heterocycles. The van der Waals surface area contributed by atoms with E-state index in [9.17, 15) is 4.79 Å². The van der Waals surface area contributed by atoms with E-state index in [4.69, 9.17) is 9.26 Å². The average molecular weight is 365 g/mol. The Bertz CT molecular complexity index is 958. The fraction of sp³-hybridized carbons (Fsp3) is 0.333. The second kappa shape index (κ2) is 7.31. The maximum atomic E-state index is 12.8. The zero-order chi connectivity index (χ0) is 18.8. The van der Waals surface area contributed by atoms with E-state index in [0.29, 0.717) is 18.8 Å². The summed E-state index contributed by atoms with van der Waals surface area (Å²) in [6.07, 6.45) is 0.269. The van der Waals surface area contributed by atoms with Crippen LogP contribution >= 0.6 is 0 Å². The molecule has 0 spiro atoms. The minimum atomic E-state index is 0.0892. The molecule has 1 aliphatic rings. The molecule has 0 bridgehead atoms. The van der Waals surface area contributed by atoms with Crippen LogP contribution in [-0.2, 0) is 11.2 Å².